The first-order valence-corrected chi connectivity index (χ1v) is 11.8. The van der Waals surface area contributed by atoms with Gasteiger partial charge in [-0.3, -0.25) is 4.79 Å². The Bertz CT molecular complexity index is 1210. The zero-order valence-electron chi connectivity index (χ0n) is 20.0. The molecule has 1 aliphatic carbocycles. The molecule has 0 aliphatic heterocycles. The lowest BCUT2D eigenvalue weighted by molar-refractivity contribution is 0.0929. The Hall–Kier alpha value is -4.19. The lowest BCUT2D eigenvalue weighted by Crippen LogP contribution is -2.49. The van der Waals surface area contributed by atoms with E-state index >= 15 is 0 Å². The van der Waals surface area contributed by atoms with Gasteiger partial charge >= 0.3 is 0 Å². The van der Waals surface area contributed by atoms with Gasteiger partial charge in [-0.25, -0.2) is 0 Å². The minimum atomic E-state index is -0.223. The van der Waals surface area contributed by atoms with E-state index in [0.717, 1.165) is 31.4 Å². The Morgan fingerprint density at radius 1 is 1.11 bits per heavy atom. The number of nitrogens with one attached hydrogen (secondary N) is 3. The maximum absolute atomic E-state index is 13.2. The highest BCUT2D eigenvalue weighted by molar-refractivity contribution is 5.93. The van der Waals surface area contributed by atoms with E-state index in [1.165, 1.54) is 10.4 Å². The largest absolute Gasteiger partial charge is 0.359 e. The number of nitriles is 1. The van der Waals surface area contributed by atoms with Crippen LogP contribution in [-0.4, -0.2) is 46.5 Å². The summed E-state index contributed by atoms with van der Waals surface area (Å²) in [5.74, 6) is 0.258. The van der Waals surface area contributed by atoms with Crippen molar-refractivity contribution in [1.82, 2.24) is 30.9 Å². The molecule has 3 N–H and O–H groups in total. The molecule has 180 valence electrons. The van der Waals surface area contributed by atoms with Crippen LogP contribution in [0.15, 0.2) is 65.7 Å². The summed E-state index contributed by atoms with van der Waals surface area (Å²) < 4.78 is 0. The number of carbonyl (C=O) groups excluding carboxylic acids is 1. The number of hydrogen-bond acceptors (Lipinski definition) is 5. The average molecular weight is 471 g/mol. The summed E-state index contributed by atoms with van der Waals surface area (Å²) in [7, 11) is 1.74. The third-order valence-electron chi connectivity index (χ3n) is 6.64. The number of aryl methyl sites for hydroxylation is 1. The highest BCUT2D eigenvalue weighted by Gasteiger charge is 2.37. The molecule has 1 aliphatic rings. The van der Waals surface area contributed by atoms with Crippen molar-refractivity contribution >= 4 is 11.9 Å². The van der Waals surface area contributed by atoms with Gasteiger partial charge in [0.2, 0.25) is 12.2 Å². The SMILES string of the molecule is CN/C(=N\C#N)N[C@H]1CC[C@](CNC(=O)c2nn(-c3ccccc3)nc2C)(c2ccccc2)CC1. The van der Waals surface area contributed by atoms with Crippen LogP contribution in [0.3, 0.4) is 0 Å². The molecule has 0 spiro atoms. The van der Waals surface area contributed by atoms with Gasteiger partial charge in [0.1, 0.15) is 0 Å². The number of para-hydroxylation sites is 1. The zero-order valence-corrected chi connectivity index (χ0v) is 20.0. The van der Waals surface area contributed by atoms with Gasteiger partial charge in [-0.1, -0.05) is 48.5 Å². The van der Waals surface area contributed by atoms with Crippen molar-refractivity contribution in [3.63, 3.8) is 0 Å². The number of nitrogens with zero attached hydrogens (tertiary/aromatic N) is 5. The first-order chi connectivity index (χ1) is 17.0. The van der Waals surface area contributed by atoms with Gasteiger partial charge in [-0.05, 0) is 50.3 Å². The van der Waals surface area contributed by atoms with E-state index < -0.39 is 0 Å². The van der Waals surface area contributed by atoms with Crippen molar-refractivity contribution in [1.29, 1.82) is 5.26 Å². The number of amides is 1. The van der Waals surface area contributed by atoms with Gasteiger partial charge in [0.15, 0.2) is 5.69 Å². The van der Waals surface area contributed by atoms with E-state index in [4.69, 9.17) is 5.26 Å². The second-order valence-electron chi connectivity index (χ2n) is 8.82. The summed E-state index contributed by atoms with van der Waals surface area (Å²) in [6.07, 6.45) is 5.36. The second-order valence-corrected chi connectivity index (χ2v) is 8.82. The van der Waals surface area contributed by atoms with Crippen molar-refractivity contribution in [2.45, 2.75) is 44.1 Å². The Labute approximate surface area is 205 Å². The minimum Gasteiger partial charge on any atom is -0.359 e. The molecule has 9 heteroatoms. The molecule has 0 unspecified atom stereocenters. The Morgan fingerprint density at radius 3 is 2.40 bits per heavy atom. The first-order valence-electron chi connectivity index (χ1n) is 11.8. The molecule has 2 aromatic carbocycles. The summed E-state index contributed by atoms with van der Waals surface area (Å²) in [5.41, 5.74) is 2.75. The molecule has 9 nitrogen and oxygen atoms in total. The molecule has 4 rings (SSSR count). The van der Waals surface area contributed by atoms with Crippen molar-refractivity contribution in [3.05, 3.63) is 77.6 Å². The molecule has 1 aromatic heterocycles. The summed E-state index contributed by atoms with van der Waals surface area (Å²) in [5, 5.41) is 27.1. The van der Waals surface area contributed by atoms with E-state index in [9.17, 15) is 4.79 Å². The molecule has 1 heterocycles. The normalized spacial score (nSPS) is 20.0. The average Bonchev–Trinajstić information content (AvgIpc) is 3.30. The van der Waals surface area contributed by atoms with Gasteiger partial charge in [0.25, 0.3) is 5.91 Å². The van der Waals surface area contributed by atoms with E-state index in [0.29, 0.717) is 23.9 Å². The fourth-order valence-corrected chi connectivity index (χ4v) is 4.68. The second kappa shape index (κ2) is 10.8. The zero-order chi connectivity index (χ0) is 24.7. The number of guanidine groups is 1. The van der Waals surface area contributed by atoms with Gasteiger partial charge in [0.05, 0.1) is 11.4 Å². The van der Waals surface area contributed by atoms with E-state index in [1.54, 1.807) is 14.0 Å². The minimum absolute atomic E-state index is 0.190. The van der Waals surface area contributed by atoms with Crippen LogP contribution < -0.4 is 16.0 Å². The van der Waals surface area contributed by atoms with E-state index in [1.807, 2.05) is 54.7 Å². The van der Waals surface area contributed by atoms with Crippen LogP contribution >= 0.6 is 0 Å². The maximum Gasteiger partial charge on any atom is 0.273 e. The fraction of sp³-hybridized carbons (Fsp3) is 0.346. The van der Waals surface area contributed by atoms with Gasteiger partial charge in [-0.2, -0.15) is 15.2 Å². The van der Waals surface area contributed by atoms with Crippen LogP contribution in [0.4, 0.5) is 0 Å². The summed E-state index contributed by atoms with van der Waals surface area (Å²) in [6, 6.07) is 20.1. The monoisotopic (exact) mass is 470 g/mol. The van der Waals surface area contributed by atoms with Crippen LogP contribution in [0.25, 0.3) is 5.69 Å². The van der Waals surface area contributed by atoms with Crippen LogP contribution in [0.1, 0.15) is 47.4 Å². The fourth-order valence-electron chi connectivity index (χ4n) is 4.68. The highest BCUT2D eigenvalue weighted by atomic mass is 16.2. The third kappa shape index (κ3) is 5.49. The topological polar surface area (TPSA) is 120 Å². The maximum atomic E-state index is 13.2. The molecule has 1 saturated carbocycles. The molecule has 0 bridgehead atoms. The quantitative estimate of drug-likeness (QED) is 0.289. The summed E-state index contributed by atoms with van der Waals surface area (Å²) in [4.78, 5) is 18.4. The first kappa shape index (κ1) is 24.0. The Balaban J connectivity index is 1.48. The molecular weight excluding hydrogens is 440 g/mol. The molecule has 1 amide bonds. The summed E-state index contributed by atoms with van der Waals surface area (Å²) in [6.45, 7) is 2.30. The molecule has 1 fully saturated rings. The number of aromatic nitrogens is 3. The van der Waals surface area contributed by atoms with E-state index in [-0.39, 0.29) is 17.4 Å². The number of rotatable bonds is 6. The van der Waals surface area contributed by atoms with Crippen LogP contribution in [0, 0.1) is 18.4 Å². The van der Waals surface area contributed by atoms with Crippen LogP contribution in [0.2, 0.25) is 0 Å². The third-order valence-corrected chi connectivity index (χ3v) is 6.64. The van der Waals surface area contributed by atoms with Crippen LogP contribution in [0.5, 0.6) is 0 Å². The lowest BCUT2D eigenvalue weighted by Gasteiger charge is -2.41. The van der Waals surface area contributed by atoms with Gasteiger partial charge < -0.3 is 16.0 Å². The van der Waals surface area contributed by atoms with Gasteiger partial charge in [0, 0.05) is 25.0 Å². The van der Waals surface area contributed by atoms with Crippen molar-refractivity contribution in [2.75, 3.05) is 13.6 Å². The van der Waals surface area contributed by atoms with E-state index in [2.05, 4.69) is 43.3 Å². The molecule has 3 aromatic rings. The molecule has 0 saturated heterocycles. The molecule has 0 radical (unpaired) electrons. The highest BCUT2D eigenvalue weighted by Crippen LogP contribution is 2.39. The number of carbonyl (C=O) groups is 1. The molecule has 35 heavy (non-hydrogen) atoms. The van der Waals surface area contributed by atoms with Gasteiger partial charge in [-0.15, -0.1) is 10.1 Å². The predicted molar refractivity (Wildman–Crippen MR) is 134 cm³/mol. The number of aliphatic imine (C=N–C) groups is 1. The number of benzene rings is 2. The Morgan fingerprint density at radius 2 is 1.77 bits per heavy atom. The van der Waals surface area contributed by atoms with Crippen molar-refractivity contribution in [3.8, 4) is 11.9 Å². The lowest BCUT2D eigenvalue weighted by atomic mass is 9.68. The number of hydrogen-bond donors (Lipinski definition) is 3. The molecule has 0 atom stereocenters. The molecular formula is C26H30N8O. The Kier molecular flexibility index (Phi) is 7.41. The predicted octanol–water partition coefficient (Wildman–Crippen LogP) is 2.83. The van der Waals surface area contributed by atoms with Crippen LogP contribution in [-0.2, 0) is 5.41 Å². The summed E-state index contributed by atoms with van der Waals surface area (Å²) >= 11 is 0. The van der Waals surface area contributed by atoms with Crippen molar-refractivity contribution in [2.24, 2.45) is 4.99 Å². The smallest absolute Gasteiger partial charge is 0.273 e. The standard InChI is InChI=1S/C26H30N8O/c1-19-23(33-34(32-19)22-11-7-4-8-12-22)24(35)29-17-26(20-9-5-3-6-10-20)15-13-21(14-16-26)31-25(28-2)30-18-27/h3-12,21H,13-17H2,1-2H3,(H,29,35)(H2,28,30,31)/t21-,26-. The van der Waals surface area contributed by atoms with Crippen molar-refractivity contribution < 1.29 is 4.79 Å².